The number of thioether (sulfide) groups is 1. The van der Waals surface area contributed by atoms with Gasteiger partial charge in [0.05, 0.1) is 96.6 Å². The average molecular weight is 680 g/mol. The maximum atomic E-state index is 12.6. The molecule has 14 nitrogen and oxygen atoms in total. The summed E-state index contributed by atoms with van der Waals surface area (Å²) in [6.45, 7) is 11.6. The summed E-state index contributed by atoms with van der Waals surface area (Å²) in [4.78, 5) is 59.0. The zero-order valence-corrected chi connectivity index (χ0v) is 28.9. The Morgan fingerprint density at radius 3 is 1.57 bits per heavy atom. The summed E-state index contributed by atoms with van der Waals surface area (Å²) in [5, 5.41) is -0.392. The zero-order chi connectivity index (χ0) is 34.3. The first-order valence-electron chi connectivity index (χ1n) is 15.4. The Labute approximate surface area is 276 Å². The Bertz CT molecular complexity index is 885. The summed E-state index contributed by atoms with van der Waals surface area (Å²) in [7, 11) is 0. The second kappa shape index (κ2) is 24.3. The molecule has 0 radical (unpaired) electrons. The second-order valence-electron chi connectivity index (χ2n) is 11.9. The van der Waals surface area contributed by atoms with Crippen molar-refractivity contribution >= 4 is 41.4 Å². The smallest absolute Gasteiger partial charge is 0.243 e. The molecule has 0 aromatic carbocycles. The SMILES string of the molecule is CC(=O)COCCOCC(COCCOCC=O)(COCCOCCSC1CC(=O)N(C(C)(C)C)C1=O)COCCOCC(C)=O. The van der Waals surface area contributed by atoms with Gasteiger partial charge in [-0.25, -0.2) is 0 Å². The Morgan fingerprint density at radius 2 is 1.15 bits per heavy atom. The van der Waals surface area contributed by atoms with Crippen molar-refractivity contribution in [2.24, 2.45) is 5.41 Å². The van der Waals surface area contributed by atoms with Gasteiger partial charge in [0, 0.05) is 17.7 Å². The lowest BCUT2D eigenvalue weighted by Crippen LogP contribution is -2.45. The van der Waals surface area contributed by atoms with Crippen LogP contribution in [-0.2, 0) is 61.9 Å². The van der Waals surface area contributed by atoms with Gasteiger partial charge in [0.2, 0.25) is 11.8 Å². The summed E-state index contributed by atoms with van der Waals surface area (Å²) in [5.41, 5.74) is -1.28. The highest BCUT2D eigenvalue weighted by molar-refractivity contribution is 8.00. The van der Waals surface area contributed by atoms with Crippen LogP contribution in [0.2, 0.25) is 0 Å². The second-order valence-corrected chi connectivity index (χ2v) is 13.2. The number of ketones is 2. The molecule has 1 atom stereocenters. The lowest BCUT2D eigenvalue weighted by atomic mass is 9.92. The van der Waals surface area contributed by atoms with Crippen molar-refractivity contribution < 1.29 is 61.9 Å². The van der Waals surface area contributed by atoms with Crippen molar-refractivity contribution in [3.05, 3.63) is 0 Å². The van der Waals surface area contributed by atoms with E-state index >= 15 is 0 Å². The fraction of sp³-hybridized carbons (Fsp3) is 0.839. The molecule has 1 unspecified atom stereocenters. The minimum Gasteiger partial charge on any atom is -0.378 e. The monoisotopic (exact) mass is 679 g/mol. The molecule has 0 spiro atoms. The topological polar surface area (TPSA) is 162 Å². The molecule has 1 heterocycles. The highest BCUT2D eigenvalue weighted by atomic mass is 32.2. The van der Waals surface area contributed by atoms with Crippen LogP contribution in [0.1, 0.15) is 41.0 Å². The number of hydrogen-bond acceptors (Lipinski definition) is 14. The third-order valence-electron chi connectivity index (χ3n) is 6.24. The van der Waals surface area contributed by atoms with Crippen molar-refractivity contribution in [1.29, 1.82) is 0 Å². The van der Waals surface area contributed by atoms with E-state index in [1.165, 1.54) is 30.5 Å². The van der Waals surface area contributed by atoms with E-state index in [1.807, 2.05) is 20.8 Å². The van der Waals surface area contributed by atoms with E-state index in [4.69, 9.17) is 37.9 Å². The van der Waals surface area contributed by atoms with Gasteiger partial charge in [0.25, 0.3) is 0 Å². The minimum absolute atomic E-state index is 0.00778. The van der Waals surface area contributed by atoms with E-state index in [0.29, 0.717) is 25.3 Å². The van der Waals surface area contributed by atoms with Crippen molar-refractivity contribution in [3.63, 3.8) is 0 Å². The van der Waals surface area contributed by atoms with Gasteiger partial charge < -0.3 is 42.7 Å². The molecule has 1 aliphatic rings. The molecule has 2 amide bonds. The maximum absolute atomic E-state index is 12.6. The van der Waals surface area contributed by atoms with Crippen LogP contribution in [-0.4, -0.2) is 157 Å². The number of amides is 2. The molecule has 46 heavy (non-hydrogen) atoms. The molecule has 0 saturated carbocycles. The standard InChI is InChI=1S/C31H53NO13S/c1-25(34)19-40-10-14-44-23-31(21-42-12-8-38-7-6-33,24-45-15-11-41-20-26(2)35)22-43-13-9-39-16-17-46-27-18-28(36)32(29(27)37)30(3,4)5/h6,27H,7-24H2,1-5H3. The fourth-order valence-electron chi connectivity index (χ4n) is 4.23. The van der Waals surface area contributed by atoms with Gasteiger partial charge in [-0.3, -0.25) is 24.1 Å². The number of nitrogens with zero attached hydrogens (tertiary/aromatic N) is 1. The average Bonchev–Trinajstić information content (AvgIpc) is 3.28. The molecule has 1 saturated heterocycles. The Kier molecular flexibility index (Phi) is 22.3. The molecule has 1 rings (SSSR count). The number of likely N-dealkylation sites (tertiary alicyclic amines) is 1. The number of carbonyl (C=O) groups excluding carboxylic acids is 5. The highest BCUT2D eigenvalue weighted by Crippen LogP contribution is 2.30. The van der Waals surface area contributed by atoms with E-state index in [-0.39, 0.29) is 122 Å². The number of hydrogen-bond donors (Lipinski definition) is 0. The van der Waals surface area contributed by atoms with Crippen LogP contribution in [0.15, 0.2) is 0 Å². The van der Waals surface area contributed by atoms with Crippen LogP contribution in [0.5, 0.6) is 0 Å². The van der Waals surface area contributed by atoms with Crippen molar-refractivity contribution in [2.75, 3.05) is 111 Å². The first-order valence-corrected chi connectivity index (χ1v) is 16.5. The first-order chi connectivity index (χ1) is 21.9. The van der Waals surface area contributed by atoms with Gasteiger partial charge in [0.15, 0.2) is 11.6 Å². The highest BCUT2D eigenvalue weighted by Gasteiger charge is 2.44. The Balaban J connectivity index is 2.60. The third kappa shape index (κ3) is 19.1. The molecular formula is C31H53NO13S. The molecule has 15 heteroatoms. The first kappa shape index (κ1) is 42.2. The van der Waals surface area contributed by atoms with E-state index in [2.05, 4.69) is 0 Å². The molecule has 1 fully saturated rings. The third-order valence-corrected chi connectivity index (χ3v) is 7.41. The van der Waals surface area contributed by atoms with E-state index in [0.717, 1.165) is 0 Å². The molecule has 266 valence electrons. The number of ether oxygens (including phenoxy) is 8. The lowest BCUT2D eigenvalue weighted by Gasteiger charge is -2.33. The van der Waals surface area contributed by atoms with Crippen LogP contribution < -0.4 is 0 Å². The number of Topliss-reactive ketones (excluding diaryl/α,β-unsaturated/α-hetero) is 2. The molecule has 0 aliphatic carbocycles. The number of aldehydes is 1. The van der Waals surface area contributed by atoms with Gasteiger partial charge >= 0.3 is 0 Å². The van der Waals surface area contributed by atoms with Crippen LogP contribution in [0, 0.1) is 5.41 Å². The van der Waals surface area contributed by atoms with Crippen molar-refractivity contribution in [2.45, 2.75) is 51.8 Å². The molecule has 0 aromatic heterocycles. The largest absolute Gasteiger partial charge is 0.378 e. The Morgan fingerprint density at radius 1 is 0.717 bits per heavy atom. The van der Waals surface area contributed by atoms with E-state index in [9.17, 15) is 24.0 Å². The van der Waals surface area contributed by atoms with Gasteiger partial charge in [0.1, 0.15) is 26.1 Å². The van der Waals surface area contributed by atoms with Crippen LogP contribution in [0.4, 0.5) is 0 Å². The summed E-state index contributed by atoms with van der Waals surface area (Å²) < 4.78 is 45.0. The van der Waals surface area contributed by atoms with Gasteiger partial charge in [-0.1, -0.05) is 0 Å². The normalized spacial score (nSPS) is 15.6. The molecule has 0 aromatic rings. The molecule has 1 aliphatic heterocycles. The predicted octanol–water partition coefficient (Wildman–Crippen LogP) is 1.14. The van der Waals surface area contributed by atoms with Crippen molar-refractivity contribution in [3.8, 4) is 0 Å². The quantitative estimate of drug-likeness (QED) is 0.0604. The van der Waals surface area contributed by atoms with E-state index < -0.39 is 16.2 Å². The number of rotatable bonds is 30. The van der Waals surface area contributed by atoms with Gasteiger partial charge in [-0.15, -0.1) is 11.8 Å². The van der Waals surface area contributed by atoms with Crippen molar-refractivity contribution in [1.82, 2.24) is 4.90 Å². The lowest BCUT2D eigenvalue weighted by molar-refractivity contribution is -0.143. The fourth-order valence-corrected chi connectivity index (χ4v) is 5.24. The predicted molar refractivity (Wildman–Crippen MR) is 169 cm³/mol. The minimum atomic E-state index is -0.740. The van der Waals surface area contributed by atoms with Gasteiger partial charge in [-0.2, -0.15) is 0 Å². The summed E-state index contributed by atoms with van der Waals surface area (Å²) in [6, 6.07) is 0. The van der Waals surface area contributed by atoms with Crippen LogP contribution >= 0.6 is 11.8 Å². The number of imide groups is 1. The Hall–Kier alpha value is -1.82. The maximum Gasteiger partial charge on any atom is 0.243 e. The number of carbonyl (C=O) groups is 5. The van der Waals surface area contributed by atoms with Gasteiger partial charge in [-0.05, 0) is 34.6 Å². The molecular weight excluding hydrogens is 626 g/mol. The molecule has 0 bridgehead atoms. The van der Waals surface area contributed by atoms with Crippen LogP contribution in [0.3, 0.4) is 0 Å². The zero-order valence-electron chi connectivity index (χ0n) is 28.0. The molecule has 0 N–H and O–H groups in total. The van der Waals surface area contributed by atoms with E-state index in [1.54, 1.807) is 0 Å². The summed E-state index contributed by atoms with van der Waals surface area (Å²) >= 11 is 1.42. The summed E-state index contributed by atoms with van der Waals surface area (Å²) in [6.07, 6.45) is 0.867. The summed E-state index contributed by atoms with van der Waals surface area (Å²) in [5.74, 6) is 0.0994. The van der Waals surface area contributed by atoms with Crippen LogP contribution in [0.25, 0.3) is 0 Å².